The molecular weight excluding hydrogens is 286 g/mol. The van der Waals surface area contributed by atoms with Crippen molar-refractivity contribution in [1.82, 2.24) is 15.2 Å². The zero-order chi connectivity index (χ0) is 15.0. The van der Waals surface area contributed by atoms with Gasteiger partial charge in [-0.2, -0.15) is 0 Å². The molecular formula is C14H23N5OS. The van der Waals surface area contributed by atoms with E-state index >= 15 is 0 Å². The molecule has 1 aliphatic carbocycles. The monoisotopic (exact) mass is 309 g/mol. The van der Waals surface area contributed by atoms with E-state index in [9.17, 15) is 4.79 Å². The van der Waals surface area contributed by atoms with E-state index in [1.54, 1.807) is 0 Å². The first-order chi connectivity index (χ1) is 10.0. The first-order valence-electron chi connectivity index (χ1n) is 7.55. The molecule has 4 N–H and O–H groups in total. The summed E-state index contributed by atoms with van der Waals surface area (Å²) in [5.74, 6) is 0.697. The van der Waals surface area contributed by atoms with Crippen molar-refractivity contribution in [3.8, 4) is 0 Å². The Labute approximate surface area is 129 Å². The van der Waals surface area contributed by atoms with Crippen LogP contribution in [-0.4, -0.2) is 48.0 Å². The lowest BCUT2D eigenvalue weighted by molar-refractivity contribution is 0.0888. The Balaban J connectivity index is 1.63. The van der Waals surface area contributed by atoms with E-state index in [2.05, 4.69) is 34.5 Å². The maximum Gasteiger partial charge on any atom is 0.265 e. The lowest BCUT2D eigenvalue weighted by atomic mass is 9.94. The number of thiazole rings is 1. The van der Waals surface area contributed by atoms with Gasteiger partial charge in [0.25, 0.3) is 5.91 Å². The Morgan fingerprint density at radius 3 is 2.86 bits per heavy atom. The third-order valence-corrected chi connectivity index (χ3v) is 5.19. The molecule has 1 aliphatic heterocycles. The normalized spacial score (nSPS) is 26.6. The molecule has 3 rings (SSSR count). The number of hydrogen-bond donors (Lipinski definition) is 3. The zero-order valence-electron chi connectivity index (χ0n) is 12.6. The van der Waals surface area contributed by atoms with Crippen LogP contribution < -0.4 is 16.4 Å². The van der Waals surface area contributed by atoms with Crippen LogP contribution in [0.1, 0.15) is 35.9 Å². The SMILES string of the molecule is CC1CN(C)CCC1NC(=O)c1sc(NC2CC2)nc1N. The average Bonchev–Trinajstić information content (AvgIpc) is 3.15. The third kappa shape index (κ3) is 3.47. The molecule has 2 heterocycles. The molecule has 0 radical (unpaired) electrons. The highest BCUT2D eigenvalue weighted by molar-refractivity contribution is 7.18. The number of nitrogens with two attached hydrogens (primary N) is 1. The summed E-state index contributed by atoms with van der Waals surface area (Å²) in [6, 6.07) is 0.732. The topological polar surface area (TPSA) is 83.3 Å². The summed E-state index contributed by atoms with van der Waals surface area (Å²) in [5.41, 5.74) is 5.89. The highest BCUT2D eigenvalue weighted by Crippen LogP contribution is 2.30. The van der Waals surface area contributed by atoms with Crippen LogP contribution in [0.15, 0.2) is 0 Å². The van der Waals surface area contributed by atoms with Gasteiger partial charge < -0.3 is 21.3 Å². The summed E-state index contributed by atoms with van der Waals surface area (Å²) < 4.78 is 0. The molecule has 1 aromatic rings. The van der Waals surface area contributed by atoms with Crippen molar-refractivity contribution in [2.75, 3.05) is 31.2 Å². The molecule has 2 unspecified atom stereocenters. The van der Waals surface area contributed by atoms with Crippen molar-refractivity contribution in [2.45, 2.75) is 38.3 Å². The molecule has 116 valence electrons. The number of anilines is 2. The largest absolute Gasteiger partial charge is 0.382 e. The van der Waals surface area contributed by atoms with Gasteiger partial charge in [-0.25, -0.2) is 4.98 Å². The Bertz CT molecular complexity index is 527. The average molecular weight is 309 g/mol. The second-order valence-corrected chi connectivity index (χ2v) is 7.26. The molecule has 0 bridgehead atoms. The van der Waals surface area contributed by atoms with Crippen LogP contribution in [0.3, 0.4) is 0 Å². The highest BCUT2D eigenvalue weighted by Gasteiger charge is 2.28. The molecule has 7 heteroatoms. The van der Waals surface area contributed by atoms with E-state index in [1.807, 2.05) is 0 Å². The fourth-order valence-electron chi connectivity index (χ4n) is 2.76. The van der Waals surface area contributed by atoms with Crippen LogP contribution in [0, 0.1) is 5.92 Å². The zero-order valence-corrected chi connectivity index (χ0v) is 13.4. The first kappa shape index (κ1) is 14.6. The van der Waals surface area contributed by atoms with Gasteiger partial charge in [0.05, 0.1) is 0 Å². The lowest BCUT2D eigenvalue weighted by Gasteiger charge is -2.35. The summed E-state index contributed by atoms with van der Waals surface area (Å²) in [5, 5.41) is 7.18. The second kappa shape index (κ2) is 5.81. The van der Waals surface area contributed by atoms with Crippen LogP contribution in [-0.2, 0) is 0 Å². The molecule has 2 fully saturated rings. The maximum absolute atomic E-state index is 12.4. The summed E-state index contributed by atoms with van der Waals surface area (Å²) in [7, 11) is 2.12. The molecule has 0 aromatic carbocycles. The highest BCUT2D eigenvalue weighted by atomic mass is 32.1. The lowest BCUT2D eigenvalue weighted by Crippen LogP contribution is -2.48. The molecule has 6 nitrogen and oxygen atoms in total. The Kier molecular flexibility index (Phi) is 4.03. The van der Waals surface area contributed by atoms with Gasteiger partial charge in [0, 0.05) is 18.6 Å². The molecule has 21 heavy (non-hydrogen) atoms. The van der Waals surface area contributed by atoms with Crippen molar-refractivity contribution in [3.05, 3.63) is 4.88 Å². The van der Waals surface area contributed by atoms with E-state index in [0.29, 0.717) is 22.7 Å². The van der Waals surface area contributed by atoms with Gasteiger partial charge in [-0.3, -0.25) is 4.79 Å². The molecule has 1 saturated heterocycles. The van der Waals surface area contributed by atoms with Gasteiger partial charge in [-0.1, -0.05) is 18.3 Å². The molecule has 1 saturated carbocycles. The van der Waals surface area contributed by atoms with Gasteiger partial charge in [0.1, 0.15) is 10.7 Å². The third-order valence-electron chi connectivity index (χ3n) is 4.19. The number of carbonyl (C=O) groups is 1. The van der Waals surface area contributed by atoms with Gasteiger partial charge in [-0.15, -0.1) is 0 Å². The summed E-state index contributed by atoms with van der Waals surface area (Å²) >= 11 is 1.36. The van der Waals surface area contributed by atoms with Gasteiger partial charge in [-0.05, 0) is 38.8 Å². The number of nitrogen functional groups attached to an aromatic ring is 1. The molecule has 2 atom stereocenters. The summed E-state index contributed by atoms with van der Waals surface area (Å²) in [6.07, 6.45) is 3.33. The van der Waals surface area contributed by atoms with Crippen LogP contribution in [0.25, 0.3) is 0 Å². The van der Waals surface area contributed by atoms with Crippen molar-refractivity contribution < 1.29 is 4.79 Å². The number of hydrogen-bond acceptors (Lipinski definition) is 6. The second-order valence-electron chi connectivity index (χ2n) is 6.26. The van der Waals surface area contributed by atoms with Crippen molar-refractivity contribution >= 4 is 28.2 Å². The first-order valence-corrected chi connectivity index (χ1v) is 8.37. The molecule has 1 amide bonds. The fourth-order valence-corrected chi connectivity index (χ4v) is 3.63. The summed E-state index contributed by atoms with van der Waals surface area (Å²) in [6.45, 7) is 4.20. The van der Waals surface area contributed by atoms with E-state index < -0.39 is 0 Å². The maximum atomic E-state index is 12.4. The number of amides is 1. The predicted molar refractivity (Wildman–Crippen MR) is 85.7 cm³/mol. The number of likely N-dealkylation sites (tertiary alicyclic amines) is 1. The van der Waals surface area contributed by atoms with E-state index in [0.717, 1.165) is 24.6 Å². The van der Waals surface area contributed by atoms with Crippen LogP contribution >= 0.6 is 11.3 Å². The Morgan fingerprint density at radius 1 is 1.43 bits per heavy atom. The Hall–Kier alpha value is -1.34. The number of nitrogens with one attached hydrogen (secondary N) is 2. The minimum Gasteiger partial charge on any atom is -0.382 e. The van der Waals surface area contributed by atoms with Gasteiger partial charge >= 0.3 is 0 Å². The minimum absolute atomic E-state index is 0.0877. The van der Waals surface area contributed by atoms with Crippen LogP contribution in [0.4, 0.5) is 10.9 Å². The van der Waals surface area contributed by atoms with Crippen molar-refractivity contribution in [1.29, 1.82) is 0 Å². The minimum atomic E-state index is -0.0877. The standard InChI is InChI=1S/C14H23N5OS/c1-8-7-19(2)6-5-10(8)17-13(20)11-12(15)18-14(21-11)16-9-3-4-9/h8-10H,3-7,15H2,1-2H3,(H,16,18)(H,17,20). The number of carbonyl (C=O) groups excluding carboxylic acids is 1. The van der Waals surface area contributed by atoms with Gasteiger partial charge in [0.2, 0.25) is 0 Å². The number of piperidine rings is 1. The smallest absolute Gasteiger partial charge is 0.265 e. The van der Waals surface area contributed by atoms with E-state index in [1.165, 1.54) is 24.2 Å². The van der Waals surface area contributed by atoms with Crippen LogP contribution in [0.5, 0.6) is 0 Å². The molecule has 0 spiro atoms. The van der Waals surface area contributed by atoms with Crippen LogP contribution in [0.2, 0.25) is 0 Å². The van der Waals surface area contributed by atoms with E-state index in [4.69, 9.17) is 5.73 Å². The van der Waals surface area contributed by atoms with Crippen molar-refractivity contribution in [3.63, 3.8) is 0 Å². The molecule has 1 aromatic heterocycles. The predicted octanol–water partition coefficient (Wildman–Crippen LogP) is 1.37. The number of nitrogens with zero attached hydrogens (tertiary/aromatic N) is 2. The number of aromatic nitrogens is 1. The van der Waals surface area contributed by atoms with Crippen molar-refractivity contribution in [2.24, 2.45) is 5.92 Å². The molecule has 2 aliphatic rings. The summed E-state index contributed by atoms with van der Waals surface area (Å²) in [4.78, 5) is 19.5. The van der Waals surface area contributed by atoms with Gasteiger partial charge in [0.15, 0.2) is 5.13 Å². The quantitative estimate of drug-likeness (QED) is 0.782. The number of rotatable bonds is 4. The van der Waals surface area contributed by atoms with E-state index in [-0.39, 0.29) is 11.9 Å². The Morgan fingerprint density at radius 2 is 2.19 bits per heavy atom. The fraction of sp³-hybridized carbons (Fsp3) is 0.714.